The summed E-state index contributed by atoms with van der Waals surface area (Å²) in [7, 11) is -0.0579. The molecule has 0 aliphatic carbocycles. The van der Waals surface area contributed by atoms with Gasteiger partial charge in [0, 0.05) is 21.4 Å². The highest BCUT2D eigenvalue weighted by atomic mass is 31.1. The third-order valence-corrected chi connectivity index (χ3v) is 0.822. The fourth-order valence-corrected chi connectivity index (χ4v) is 0.335. The van der Waals surface area contributed by atoms with Crippen molar-refractivity contribution >= 4 is 8.81 Å². The van der Waals surface area contributed by atoms with Crippen LogP contribution >= 0.6 is 8.81 Å². The SMILES string of the molecule is N#CCCPO. The minimum atomic E-state index is -0.0579. The van der Waals surface area contributed by atoms with Crippen LogP contribution in [0.3, 0.4) is 0 Å². The van der Waals surface area contributed by atoms with E-state index in [-0.39, 0.29) is 8.81 Å². The molecule has 0 spiro atoms. The maximum Gasteiger partial charge on any atom is 0.0626 e. The fourth-order valence-electron chi connectivity index (χ4n) is 0.112. The highest BCUT2D eigenvalue weighted by Crippen LogP contribution is 2.00. The van der Waals surface area contributed by atoms with Crippen molar-refractivity contribution in [3.63, 3.8) is 0 Å². The Hall–Kier alpha value is -0.120. The number of nitriles is 1. The molecular formula is C3H6NOP. The predicted octanol–water partition coefficient (Wildman–Crippen LogP) is 0.486. The first-order valence-corrected chi connectivity index (χ1v) is 2.81. The second-order valence-corrected chi connectivity index (χ2v) is 1.63. The molecule has 0 saturated heterocycles. The second kappa shape index (κ2) is 4.88. The third kappa shape index (κ3) is 3.88. The Morgan fingerprint density at radius 1 is 1.83 bits per heavy atom. The van der Waals surface area contributed by atoms with Gasteiger partial charge in [0.1, 0.15) is 0 Å². The highest BCUT2D eigenvalue weighted by molar-refractivity contribution is 7.31. The molecule has 0 amide bonds. The Labute approximate surface area is 38.7 Å². The Kier molecular flexibility index (Phi) is 4.78. The van der Waals surface area contributed by atoms with Crippen LogP contribution in [-0.2, 0) is 0 Å². The van der Waals surface area contributed by atoms with E-state index in [1.54, 1.807) is 0 Å². The van der Waals surface area contributed by atoms with Gasteiger partial charge in [0.25, 0.3) is 0 Å². The van der Waals surface area contributed by atoms with Crippen molar-refractivity contribution in [3.8, 4) is 6.07 Å². The van der Waals surface area contributed by atoms with Crippen LogP contribution in [0.15, 0.2) is 0 Å². The van der Waals surface area contributed by atoms with Crippen LogP contribution in [-0.4, -0.2) is 11.1 Å². The fraction of sp³-hybridized carbons (Fsp3) is 0.667. The van der Waals surface area contributed by atoms with Gasteiger partial charge in [-0.2, -0.15) is 5.26 Å². The van der Waals surface area contributed by atoms with Gasteiger partial charge in [0.2, 0.25) is 0 Å². The van der Waals surface area contributed by atoms with Gasteiger partial charge in [0.05, 0.1) is 6.07 Å². The van der Waals surface area contributed by atoms with E-state index >= 15 is 0 Å². The molecule has 34 valence electrons. The Morgan fingerprint density at radius 3 is 2.67 bits per heavy atom. The molecule has 1 atom stereocenters. The van der Waals surface area contributed by atoms with Crippen LogP contribution in [0.25, 0.3) is 0 Å². The first kappa shape index (κ1) is 5.88. The summed E-state index contributed by atoms with van der Waals surface area (Å²) in [6, 6.07) is 1.92. The summed E-state index contributed by atoms with van der Waals surface area (Å²) < 4.78 is 0. The summed E-state index contributed by atoms with van der Waals surface area (Å²) in [6.45, 7) is 0. The summed E-state index contributed by atoms with van der Waals surface area (Å²) in [5, 5.41) is 7.84. The lowest BCUT2D eigenvalue weighted by Crippen LogP contribution is -1.66. The number of hydrogen-bond donors (Lipinski definition) is 1. The van der Waals surface area contributed by atoms with Gasteiger partial charge in [-0.3, -0.25) is 0 Å². The number of nitrogens with zero attached hydrogens (tertiary/aromatic N) is 1. The molecule has 0 saturated carbocycles. The lowest BCUT2D eigenvalue weighted by Gasteiger charge is -1.77. The van der Waals surface area contributed by atoms with Crippen molar-refractivity contribution in [1.29, 1.82) is 5.26 Å². The van der Waals surface area contributed by atoms with E-state index in [2.05, 4.69) is 0 Å². The second-order valence-electron chi connectivity index (χ2n) is 0.816. The Morgan fingerprint density at radius 2 is 2.50 bits per heavy atom. The molecule has 0 aromatic heterocycles. The summed E-state index contributed by atoms with van der Waals surface area (Å²) in [4.78, 5) is 8.07. The molecule has 6 heavy (non-hydrogen) atoms. The van der Waals surface area contributed by atoms with E-state index in [0.717, 1.165) is 0 Å². The zero-order valence-electron chi connectivity index (χ0n) is 3.31. The molecule has 0 aliphatic heterocycles. The number of rotatable bonds is 2. The van der Waals surface area contributed by atoms with E-state index in [1.807, 2.05) is 6.07 Å². The number of hydrogen-bond acceptors (Lipinski definition) is 2. The topological polar surface area (TPSA) is 44.0 Å². The van der Waals surface area contributed by atoms with Gasteiger partial charge in [-0.05, 0) is 0 Å². The van der Waals surface area contributed by atoms with Crippen LogP contribution < -0.4 is 0 Å². The van der Waals surface area contributed by atoms with Crippen LogP contribution in [0.1, 0.15) is 6.42 Å². The van der Waals surface area contributed by atoms with Crippen molar-refractivity contribution in [2.45, 2.75) is 6.42 Å². The monoisotopic (exact) mass is 103 g/mol. The van der Waals surface area contributed by atoms with Gasteiger partial charge < -0.3 is 4.89 Å². The zero-order chi connectivity index (χ0) is 4.83. The van der Waals surface area contributed by atoms with E-state index < -0.39 is 0 Å². The molecule has 0 aromatic carbocycles. The van der Waals surface area contributed by atoms with E-state index in [0.29, 0.717) is 12.6 Å². The smallest absolute Gasteiger partial charge is 0.0626 e. The van der Waals surface area contributed by atoms with Crippen molar-refractivity contribution in [1.82, 2.24) is 0 Å². The first-order chi connectivity index (χ1) is 2.91. The average Bonchev–Trinajstić information content (AvgIpc) is 1.61. The van der Waals surface area contributed by atoms with Gasteiger partial charge in [-0.15, -0.1) is 0 Å². The third-order valence-electron chi connectivity index (χ3n) is 0.349. The van der Waals surface area contributed by atoms with E-state index in [9.17, 15) is 0 Å². The lowest BCUT2D eigenvalue weighted by molar-refractivity contribution is 0.645. The van der Waals surface area contributed by atoms with Gasteiger partial charge in [0.15, 0.2) is 0 Å². The Bertz CT molecular complexity index is 58.3. The highest BCUT2D eigenvalue weighted by Gasteiger charge is 1.75. The van der Waals surface area contributed by atoms with Crippen LogP contribution in [0, 0.1) is 11.3 Å². The molecule has 0 fully saturated rings. The normalized spacial score (nSPS) is 9.33. The summed E-state index contributed by atoms with van der Waals surface area (Å²) in [6.07, 6.45) is 1.12. The van der Waals surface area contributed by atoms with Crippen LogP contribution in [0.4, 0.5) is 0 Å². The minimum absolute atomic E-state index is 0.0579. The molecule has 1 unspecified atom stereocenters. The zero-order valence-corrected chi connectivity index (χ0v) is 4.31. The largest absolute Gasteiger partial charge is 0.377 e. The molecule has 0 radical (unpaired) electrons. The van der Waals surface area contributed by atoms with Crippen molar-refractivity contribution in [2.75, 3.05) is 6.16 Å². The molecule has 0 aromatic rings. The summed E-state index contributed by atoms with van der Waals surface area (Å²) in [5.41, 5.74) is 0. The summed E-state index contributed by atoms with van der Waals surface area (Å²) in [5.74, 6) is 0. The summed E-state index contributed by atoms with van der Waals surface area (Å²) >= 11 is 0. The molecule has 0 heterocycles. The minimum Gasteiger partial charge on any atom is -0.377 e. The Balaban J connectivity index is 2.54. The van der Waals surface area contributed by atoms with Crippen LogP contribution in [0.2, 0.25) is 0 Å². The van der Waals surface area contributed by atoms with Crippen molar-refractivity contribution < 1.29 is 4.89 Å². The predicted molar refractivity (Wildman–Crippen MR) is 25.6 cm³/mol. The van der Waals surface area contributed by atoms with Gasteiger partial charge in [-0.1, -0.05) is 0 Å². The quantitative estimate of drug-likeness (QED) is 0.408. The van der Waals surface area contributed by atoms with Crippen molar-refractivity contribution in [3.05, 3.63) is 0 Å². The molecule has 0 bridgehead atoms. The maximum absolute atomic E-state index is 8.07. The first-order valence-electron chi connectivity index (χ1n) is 1.65. The van der Waals surface area contributed by atoms with Crippen LogP contribution in [0.5, 0.6) is 0 Å². The molecule has 0 aliphatic rings. The molecule has 0 rings (SSSR count). The maximum atomic E-state index is 8.07. The molecule has 2 nitrogen and oxygen atoms in total. The lowest BCUT2D eigenvalue weighted by atomic mass is 10.6. The molecule has 3 heteroatoms. The molecule has 1 N–H and O–H groups in total. The average molecular weight is 103 g/mol. The standard InChI is InChI=1S/C3H6NOP/c4-2-1-3-6-5/h5-6H,1,3H2. The van der Waals surface area contributed by atoms with Gasteiger partial charge >= 0.3 is 0 Å². The van der Waals surface area contributed by atoms with E-state index in [1.165, 1.54) is 0 Å². The molecular weight excluding hydrogens is 97.0 g/mol. The van der Waals surface area contributed by atoms with Gasteiger partial charge in [-0.25, -0.2) is 0 Å². The van der Waals surface area contributed by atoms with E-state index in [4.69, 9.17) is 10.2 Å². The van der Waals surface area contributed by atoms with Crippen molar-refractivity contribution in [2.24, 2.45) is 0 Å².